The van der Waals surface area contributed by atoms with Gasteiger partial charge in [0.2, 0.25) is 0 Å². The smallest absolute Gasteiger partial charge is 0.0950 e. The Morgan fingerprint density at radius 1 is 1.50 bits per heavy atom. The predicted molar refractivity (Wildman–Crippen MR) is 75.9 cm³/mol. The molecule has 1 aliphatic rings. The summed E-state index contributed by atoms with van der Waals surface area (Å²) in [4.78, 5) is 4.40. The Kier molecular flexibility index (Phi) is 4.44. The van der Waals surface area contributed by atoms with Gasteiger partial charge in [0.25, 0.3) is 0 Å². The fourth-order valence-corrected chi connectivity index (χ4v) is 2.99. The SMILES string of the molecule is CCCCCC(C)n1cncc1C1(C)CCNC1. The van der Waals surface area contributed by atoms with Gasteiger partial charge >= 0.3 is 0 Å². The standard InChI is InChI=1S/C15H27N3/c1-4-5-6-7-13(2)18-12-17-10-14(18)15(3)8-9-16-11-15/h10,12-13,16H,4-9,11H2,1-3H3. The molecule has 1 N–H and O–H groups in total. The maximum atomic E-state index is 4.40. The normalized spacial score (nSPS) is 25.5. The number of hydrogen-bond donors (Lipinski definition) is 1. The lowest BCUT2D eigenvalue weighted by Gasteiger charge is -2.27. The maximum Gasteiger partial charge on any atom is 0.0950 e. The van der Waals surface area contributed by atoms with Gasteiger partial charge in [-0.1, -0.05) is 33.1 Å². The van der Waals surface area contributed by atoms with Crippen molar-refractivity contribution in [2.45, 2.75) is 64.3 Å². The minimum atomic E-state index is 0.273. The molecule has 0 radical (unpaired) electrons. The first-order valence-electron chi connectivity index (χ1n) is 7.40. The molecule has 1 fully saturated rings. The van der Waals surface area contributed by atoms with E-state index in [1.54, 1.807) is 0 Å². The van der Waals surface area contributed by atoms with Crippen LogP contribution >= 0.6 is 0 Å². The average Bonchev–Trinajstić information content (AvgIpc) is 2.98. The lowest BCUT2D eigenvalue weighted by molar-refractivity contribution is 0.413. The minimum absolute atomic E-state index is 0.273. The summed E-state index contributed by atoms with van der Waals surface area (Å²) in [6, 6.07) is 0.575. The van der Waals surface area contributed by atoms with E-state index >= 15 is 0 Å². The largest absolute Gasteiger partial charge is 0.331 e. The molecule has 1 aromatic rings. The van der Waals surface area contributed by atoms with Gasteiger partial charge in [-0.05, 0) is 26.3 Å². The van der Waals surface area contributed by atoms with E-state index in [0.717, 1.165) is 13.1 Å². The molecule has 2 rings (SSSR count). The molecule has 0 aliphatic carbocycles. The second kappa shape index (κ2) is 5.87. The van der Waals surface area contributed by atoms with E-state index in [9.17, 15) is 0 Å². The number of aromatic nitrogens is 2. The molecular weight excluding hydrogens is 222 g/mol. The van der Waals surface area contributed by atoms with Crippen molar-refractivity contribution in [3.8, 4) is 0 Å². The Morgan fingerprint density at radius 3 is 3.00 bits per heavy atom. The van der Waals surface area contributed by atoms with Crippen LogP contribution in [0.4, 0.5) is 0 Å². The zero-order valence-electron chi connectivity index (χ0n) is 12.1. The molecule has 0 aromatic carbocycles. The number of nitrogens with one attached hydrogen (secondary N) is 1. The van der Waals surface area contributed by atoms with Gasteiger partial charge in [0.05, 0.1) is 6.33 Å². The van der Waals surface area contributed by atoms with Crippen LogP contribution in [0.3, 0.4) is 0 Å². The molecule has 0 spiro atoms. The van der Waals surface area contributed by atoms with Crippen LogP contribution in [0, 0.1) is 0 Å². The first kappa shape index (κ1) is 13.6. The van der Waals surface area contributed by atoms with Crippen LogP contribution < -0.4 is 5.32 Å². The molecule has 1 aliphatic heterocycles. The van der Waals surface area contributed by atoms with Crippen molar-refractivity contribution in [2.24, 2.45) is 0 Å². The van der Waals surface area contributed by atoms with E-state index < -0.39 is 0 Å². The zero-order chi connectivity index (χ0) is 13.0. The van der Waals surface area contributed by atoms with Gasteiger partial charge in [-0.15, -0.1) is 0 Å². The maximum absolute atomic E-state index is 4.40. The number of hydrogen-bond acceptors (Lipinski definition) is 2. The summed E-state index contributed by atoms with van der Waals surface area (Å²) < 4.78 is 2.41. The molecule has 0 bridgehead atoms. The summed E-state index contributed by atoms with van der Waals surface area (Å²) in [5.41, 5.74) is 1.69. The summed E-state index contributed by atoms with van der Waals surface area (Å²) in [5.74, 6) is 0. The summed E-state index contributed by atoms with van der Waals surface area (Å²) in [7, 11) is 0. The number of nitrogens with zero attached hydrogens (tertiary/aromatic N) is 2. The highest BCUT2D eigenvalue weighted by Gasteiger charge is 2.33. The highest BCUT2D eigenvalue weighted by molar-refractivity contribution is 5.18. The Hall–Kier alpha value is -0.830. The molecule has 18 heavy (non-hydrogen) atoms. The number of imidazole rings is 1. The Balaban J connectivity index is 2.07. The van der Waals surface area contributed by atoms with Crippen molar-refractivity contribution in [2.75, 3.05) is 13.1 Å². The summed E-state index contributed by atoms with van der Waals surface area (Å²) in [5, 5.41) is 3.48. The average molecular weight is 249 g/mol. The van der Waals surface area contributed by atoms with Gasteiger partial charge in [0.1, 0.15) is 0 Å². The van der Waals surface area contributed by atoms with Crippen LogP contribution in [0.15, 0.2) is 12.5 Å². The van der Waals surface area contributed by atoms with Gasteiger partial charge < -0.3 is 9.88 Å². The lowest BCUT2D eigenvalue weighted by Crippen LogP contribution is -2.28. The zero-order valence-corrected chi connectivity index (χ0v) is 12.1. The first-order chi connectivity index (χ1) is 8.67. The number of unbranched alkanes of at least 4 members (excludes halogenated alkanes) is 2. The first-order valence-corrected chi connectivity index (χ1v) is 7.40. The highest BCUT2D eigenvalue weighted by atomic mass is 15.1. The third-order valence-electron chi connectivity index (χ3n) is 4.35. The van der Waals surface area contributed by atoms with E-state index in [0.29, 0.717) is 6.04 Å². The summed E-state index contributed by atoms with van der Waals surface area (Å²) in [6.07, 6.45) is 10.5. The molecule has 0 amide bonds. The molecule has 1 saturated heterocycles. The molecule has 3 heteroatoms. The van der Waals surface area contributed by atoms with Gasteiger partial charge in [-0.3, -0.25) is 0 Å². The Labute approximate surface area is 111 Å². The Bertz CT molecular complexity index is 364. The van der Waals surface area contributed by atoms with E-state index in [1.165, 1.54) is 37.8 Å². The van der Waals surface area contributed by atoms with Crippen molar-refractivity contribution >= 4 is 0 Å². The lowest BCUT2D eigenvalue weighted by atomic mass is 9.86. The molecule has 3 nitrogen and oxygen atoms in total. The highest BCUT2D eigenvalue weighted by Crippen LogP contribution is 2.32. The quantitative estimate of drug-likeness (QED) is 0.784. The molecule has 0 saturated carbocycles. The van der Waals surface area contributed by atoms with E-state index in [2.05, 4.69) is 41.8 Å². The molecule has 2 unspecified atom stereocenters. The van der Waals surface area contributed by atoms with Crippen LogP contribution in [-0.4, -0.2) is 22.6 Å². The molecule has 1 aromatic heterocycles. The van der Waals surface area contributed by atoms with Gasteiger partial charge in [0, 0.05) is 29.9 Å². The summed E-state index contributed by atoms with van der Waals surface area (Å²) >= 11 is 0. The van der Waals surface area contributed by atoms with Crippen molar-refractivity contribution in [3.05, 3.63) is 18.2 Å². The fourth-order valence-electron chi connectivity index (χ4n) is 2.99. The van der Waals surface area contributed by atoms with Gasteiger partial charge in [-0.25, -0.2) is 4.98 Å². The number of rotatable bonds is 6. The van der Waals surface area contributed by atoms with Crippen LogP contribution in [0.5, 0.6) is 0 Å². The molecular formula is C15H27N3. The van der Waals surface area contributed by atoms with Crippen molar-refractivity contribution in [1.29, 1.82) is 0 Å². The van der Waals surface area contributed by atoms with E-state index in [4.69, 9.17) is 0 Å². The van der Waals surface area contributed by atoms with Crippen molar-refractivity contribution in [3.63, 3.8) is 0 Å². The van der Waals surface area contributed by atoms with E-state index in [-0.39, 0.29) is 5.41 Å². The minimum Gasteiger partial charge on any atom is -0.331 e. The molecule has 2 heterocycles. The van der Waals surface area contributed by atoms with Crippen molar-refractivity contribution in [1.82, 2.24) is 14.9 Å². The predicted octanol–water partition coefficient (Wildman–Crippen LogP) is 3.28. The van der Waals surface area contributed by atoms with Crippen LogP contribution in [0.2, 0.25) is 0 Å². The summed E-state index contributed by atoms with van der Waals surface area (Å²) in [6.45, 7) is 9.16. The van der Waals surface area contributed by atoms with Crippen LogP contribution in [0.1, 0.15) is 64.6 Å². The fraction of sp³-hybridized carbons (Fsp3) is 0.800. The molecule has 2 atom stereocenters. The third-order valence-corrected chi connectivity index (χ3v) is 4.35. The second-order valence-electron chi connectivity index (χ2n) is 6.02. The molecule has 102 valence electrons. The monoisotopic (exact) mass is 249 g/mol. The van der Waals surface area contributed by atoms with Crippen LogP contribution in [-0.2, 0) is 5.41 Å². The van der Waals surface area contributed by atoms with Crippen molar-refractivity contribution < 1.29 is 0 Å². The third kappa shape index (κ3) is 2.77. The second-order valence-corrected chi connectivity index (χ2v) is 6.02. The Morgan fingerprint density at radius 2 is 2.33 bits per heavy atom. The van der Waals surface area contributed by atoms with E-state index in [1.807, 2.05) is 6.33 Å². The van der Waals surface area contributed by atoms with Gasteiger partial charge in [-0.2, -0.15) is 0 Å². The van der Waals surface area contributed by atoms with Crippen LogP contribution in [0.25, 0.3) is 0 Å². The topological polar surface area (TPSA) is 29.9 Å². The van der Waals surface area contributed by atoms with Gasteiger partial charge in [0.15, 0.2) is 0 Å².